The first-order chi connectivity index (χ1) is 7.67. The molecule has 1 aromatic carbocycles. The molecule has 2 heterocycles. The monoisotopic (exact) mass is 218 g/mol. The predicted molar refractivity (Wildman–Crippen MR) is 58.3 cm³/mol. The van der Waals surface area contributed by atoms with Crippen LogP contribution < -0.4 is 4.74 Å². The van der Waals surface area contributed by atoms with Gasteiger partial charge in [-0.15, -0.1) is 0 Å². The Balaban J connectivity index is 1.98. The van der Waals surface area contributed by atoms with Crippen LogP contribution in [-0.4, -0.2) is 12.6 Å². The zero-order valence-electron chi connectivity index (χ0n) is 9.29. The Bertz CT molecular complexity index is 452. The van der Waals surface area contributed by atoms with Crippen molar-refractivity contribution in [2.75, 3.05) is 6.61 Å². The summed E-state index contributed by atoms with van der Waals surface area (Å²) in [6, 6.07) is 6.10. The minimum Gasteiger partial charge on any atom is -0.493 e. The fourth-order valence-electron chi connectivity index (χ4n) is 2.41. The maximum absolute atomic E-state index is 11.2. The van der Waals surface area contributed by atoms with Crippen molar-refractivity contribution in [3.05, 3.63) is 29.3 Å². The van der Waals surface area contributed by atoms with Gasteiger partial charge in [0, 0.05) is 19.3 Å². The van der Waals surface area contributed by atoms with E-state index in [1.54, 1.807) is 0 Å². The van der Waals surface area contributed by atoms with E-state index in [2.05, 4.69) is 6.07 Å². The number of carbonyl (C=O) groups is 1. The van der Waals surface area contributed by atoms with Gasteiger partial charge in [0.2, 0.25) is 0 Å². The normalized spacial score (nSPS) is 27.4. The highest BCUT2D eigenvalue weighted by atomic mass is 16.6. The molecule has 3 nitrogen and oxygen atoms in total. The van der Waals surface area contributed by atoms with Gasteiger partial charge in [-0.25, -0.2) is 0 Å². The fraction of sp³-hybridized carbons (Fsp3) is 0.462. The molecule has 0 aliphatic carbocycles. The van der Waals surface area contributed by atoms with E-state index < -0.39 is 5.60 Å². The Labute approximate surface area is 94.4 Å². The van der Waals surface area contributed by atoms with Gasteiger partial charge < -0.3 is 9.47 Å². The van der Waals surface area contributed by atoms with Gasteiger partial charge in [0.1, 0.15) is 11.4 Å². The predicted octanol–water partition coefficient (Wildman–Crippen LogP) is 2.17. The van der Waals surface area contributed by atoms with Crippen LogP contribution in [0.2, 0.25) is 0 Å². The molecule has 0 aromatic heterocycles. The van der Waals surface area contributed by atoms with Crippen molar-refractivity contribution in [1.29, 1.82) is 0 Å². The number of esters is 1. The lowest BCUT2D eigenvalue weighted by Gasteiger charge is -2.23. The summed E-state index contributed by atoms with van der Waals surface area (Å²) in [6.45, 7) is 2.74. The Morgan fingerprint density at radius 2 is 2.19 bits per heavy atom. The van der Waals surface area contributed by atoms with Crippen molar-refractivity contribution in [3.63, 3.8) is 0 Å². The molecule has 0 bridgehead atoms. The lowest BCUT2D eigenvalue weighted by atomic mass is 9.91. The SMILES string of the molecule is CC1(c2ccc3c(c2)CCO3)CCC(=O)O1. The Morgan fingerprint density at radius 1 is 1.31 bits per heavy atom. The van der Waals surface area contributed by atoms with Gasteiger partial charge in [-0.05, 0) is 30.2 Å². The van der Waals surface area contributed by atoms with E-state index in [1.165, 1.54) is 5.56 Å². The molecule has 3 heteroatoms. The second-order valence-electron chi connectivity index (χ2n) is 4.63. The number of benzene rings is 1. The molecular weight excluding hydrogens is 204 g/mol. The van der Waals surface area contributed by atoms with Crippen molar-refractivity contribution < 1.29 is 14.3 Å². The molecule has 0 N–H and O–H groups in total. The summed E-state index contributed by atoms with van der Waals surface area (Å²) in [5.74, 6) is 0.871. The van der Waals surface area contributed by atoms with E-state index in [9.17, 15) is 4.79 Å². The fourth-order valence-corrected chi connectivity index (χ4v) is 2.41. The van der Waals surface area contributed by atoms with Gasteiger partial charge in [0.15, 0.2) is 0 Å². The van der Waals surface area contributed by atoms with E-state index in [0.717, 1.165) is 30.8 Å². The molecule has 16 heavy (non-hydrogen) atoms. The van der Waals surface area contributed by atoms with Gasteiger partial charge in [0.05, 0.1) is 6.61 Å². The molecule has 0 amide bonds. The van der Waals surface area contributed by atoms with Crippen molar-refractivity contribution in [1.82, 2.24) is 0 Å². The lowest BCUT2D eigenvalue weighted by molar-refractivity contribution is -0.147. The molecule has 1 fully saturated rings. The number of cyclic esters (lactones) is 1. The van der Waals surface area contributed by atoms with E-state index in [-0.39, 0.29) is 5.97 Å². The molecule has 84 valence electrons. The number of rotatable bonds is 1. The first kappa shape index (κ1) is 9.70. The third-order valence-electron chi connectivity index (χ3n) is 3.45. The van der Waals surface area contributed by atoms with Crippen LogP contribution >= 0.6 is 0 Å². The maximum atomic E-state index is 11.2. The molecular formula is C13H14O3. The van der Waals surface area contributed by atoms with Gasteiger partial charge in [0.25, 0.3) is 0 Å². The largest absolute Gasteiger partial charge is 0.493 e. The van der Waals surface area contributed by atoms with E-state index in [1.807, 2.05) is 19.1 Å². The molecule has 0 spiro atoms. The summed E-state index contributed by atoms with van der Waals surface area (Å²) in [6.07, 6.45) is 2.24. The third-order valence-corrected chi connectivity index (χ3v) is 3.45. The van der Waals surface area contributed by atoms with E-state index >= 15 is 0 Å². The average Bonchev–Trinajstić information content (AvgIpc) is 2.84. The van der Waals surface area contributed by atoms with Crippen molar-refractivity contribution in [2.24, 2.45) is 0 Å². The van der Waals surface area contributed by atoms with Crippen molar-refractivity contribution >= 4 is 5.97 Å². The zero-order chi connectivity index (χ0) is 11.2. The number of hydrogen-bond donors (Lipinski definition) is 0. The van der Waals surface area contributed by atoms with Gasteiger partial charge in [-0.2, -0.15) is 0 Å². The Morgan fingerprint density at radius 3 is 2.94 bits per heavy atom. The number of ether oxygens (including phenoxy) is 2. The quantitative estimate of drug-likeness (QED) is 0.678. The first-order valence-electron chi connectivity index (χ1n) is 5.65. The third kappa shape index (κ3) is 1.39. The minimum atomic E-state index is -0.436. The van der Waals surface area contributed by atoms with Crippen LogP contribution in [0.4, 0.5) is 0 Å². The zero-order valence-corrected chi connectivity index (χ0v) is 9.29. The molecule has 1 unspecified atom stereocenters. The molecule has 1 aromatic rings. The molecule has 2 aliphatic heterocycles. The van der Waals surface area contributed by atoms with Crippen LogP contribution in [0.25, 0.3) is 0 Å². The highest BCUT2D eigenvalue weighted by molar-refractivity contribution is 5.72. The van der Waals surface area contributed by atoms with Crippen molar-refractivity contribution in [2.45, 2.75) is 31.8 Å². The first-order valence-corrected chi connectivity index (χ1v) is 5.65. The summed E-state index contributed by atoms with van der Waals surface area (Å²) in [4.78, 5) is 11.2. The standard InChI is InChI=1S/C13H14O3/c1-13(6-4-12(14)16-13)10-2-3-11-9(8-10)5-7-15-11/h2-3,8H,4-7H2,1H3. The van der Waals surface area contributed by atoms with Crippen LogP contribution in [0.1, 0.15) is 30.9 Å². The van der Waals surface area contributed by atoms with Crippen LogP contribution in [0.5, 0.6) is 5.75 Å². The molecule has 1 atom stereocenters. The second kappa shape index (κ2) is 3.24. The molecule has 0 radical (unpaired) electrons. The number of carbonyl (C=O) groups excluding carboxylic acids is 1. The molecule has 3 rings (SSSR count). The lowest BCUT2D eigenvalue weighted by Crippen LogP contribution is -2.20. The Hall–Kier alpha value is -1.51. The average molecular weight is 218 g/mol. The maximum Gasteiger partial charge on any atom is 0.306 e. The smallest absolute Gasteiger partial charge is 0.306 e. The van der Waals surface area contributed by atoms with Crippen LogP contribution in [0.15, 0.2) is 18.2 Å². The Kier molecular flexibility index (Phi) is 1.96. The number of fused-ring (bicyclic) bond motifs is 1. The molecule has 0 saturated carbocycles. The van der Waals surface area contributed by atoms with Gasteiger partial charge in [-0.3, -0.25) is 4.79 Å². The minimum absolute atomic E-state index is 0.0979. The summed E-state index contributed by atoms with van der Waals surface area (Å²) < 4.78 is 10.9. The highest BCUT2D eigenvalue weighted by Gasteiger charge is 2.37. The van der Waals surface area contributed by atoms with Gasteiger partial charge in [-0.1, -0.05) is 6.07 Å². The van der Waals surface area contributed by atoms with Gasteiger partial charge >= 0.3 is 5.97 Å². The van der Waals surface area contributed by atoms with E-state index in [4.69, 9.17) is 9.47 Å². The summed E-state index contributed by atoms with van der Waals surface area (Å²) >= 11 is 0. The van der Waals surface area contributed by atoms with Crippen LogP contribution in [0.3, 0.4) is 0 Å². The number of hydrogen-bond acceptors (Lipinski definition) is 3. The summed E-state index contributed by atoms with van der Waals surface area (Å²) in [7, 11) is 0. The van der Waals surface area contributed by atoms with Crippen LogP contribution in [0, 0.1) is 0 Å². The van der Waals surface area contributed by atoms with Crippen LogP contribution in [-0.2, 0) is 21.6 Å². The molecule has 1 saturated heterocycles. The molecule has 2 aliphatic rings. The topological polar surface area (TPSA) is 35.5 Å². The van der Waals surface area contributed by atoms with Crippen molar-refractivity contribution in [3.8, 4) is 5.75 Å². The summed E-state index contributed by atoms with van der Waals surface area (Å²) in [5, 5.41) is 0. The highest BCUT2D eigenvalue weighted by Crippen LogP contribution is 2.38. The van der Waals surface area contributed by atoms with E-state index in [0.29, 0.717) is 6.42 Å². The summed E-state index contributed by atoms with van der Waals surface area (Å²) in [5.41, 5.74) is 1.87. The second-order valence-corrected chi connectivity index (χ2v) is 4.63.